The Bertz CT molecular complexity index is 1120. The van der Waals surface area contributed by atoms with Crippen molar-refractivity contribution in [3.05, 3.63) is 81.6 Å². The average molecular weight is 471 g/mol. The van der Waals surface area contributed by atoms with E-state index in [9.17, 15) is 9.18 Å². The number of carbonyl (C=O) groups excluding carboxylic acids is 1. The zero-order chi connectivity index (χ0) is 20.4. The highest BCUT2D eigenvalue weighted by atomic mass is 79.9. The van der Waals surface area contributed by atoms with Crippen molar-refractivity contribution in [2.24, 2.45) is 4.99 Å². The molecule has 0 spiro atoms. The summed E-state index contributed by atoms with van der Waals surface area (Å²) in [6.07, 6.45) is 1.73. The molecule has 2 aromatic carbocycles. The lowest BCUT2D eigenvalue weighted by Crippen LogP contribution is -2.28. The molecule has 1 amide bonds. The number of amidine groups is 1. The molecule has 0 N–H and O–H groups in total. The Morgan fingerprint density at radius 3 is 2.69 bits per heavy atom. The zero-order valence-corrected chi connectivity index (χ0v) is 17.8. The highest BCUT2D eigenvalue weighted by Crippen LogP contribution is 2.35. The lowest BCUT2D eigenvalue weighted by atomic mass is 10.2. The Morgan fingerprint density at radius 1 is 1.17 bits per heavy atom. The quantitative estimate of drug-likeness (QED) is 0.410. The fraction of sp³-hybridized carbons (Fsp3) is 0.0909. The van der Waals surface area contributed by atoms with Gasteiger partial charge in [-0.1, -0.05) is 28.1 Å². The number of benzene rings is 2. The molecule has 0 unspecified atom stereocenters. The van der Waals surface area contributed by atoms with Crippen LogP contribution in [0.15, 0.2) is 79.5 Å². The molecular weight excluding hydrogens is 455 g/mol. The molecular formula is C22H16BrFN2O2S. The van der Waals surface area contributed by atoms with Crippen LogP contribution in [0.5, 0.6) is 0 Å². The fourth-order valence-electron chi connectivity index (χ4n) is 2.85. The number of likely N-dealkylation sites (N-methyl/N-ethyl adjacent to an activating group) is 1. The normalized spacial score (nSPS) is 16.9. The van der Waals surface area contributed by atoms with E-state index in [4.69, 9.17) is 4.42 Å². The van der Waals surface area contributed by atoms with Crippen LogP contribution in [0.25, 0.3) is 17.4 Å². The van der Waals surface area contributed by atoms with E-state index < -0.39 is 0 Å². The summed E-state index contributed by atoms with van der Waals surface area (Å²) in [4.78, 5) is 19.4. The maximum absolute atomic E-state index is 13.1. The molecule has 29 heavy (non-hydrogen) atoms. The molecule has 3 aromatic rings. The second-order valence-electron chi connectivity index (χ2n) is 6.24. The van der Waals surface area contributed by atoms with Crippen molar-refractivity contribution in [2.45, 2.75) is 6.92 Å². The van der Waals surface area contributed by atoms with Crippen molar-refractivity contribution in [2.75, 3.05) is 6.54 Å². The molecule has 1 aliphatic rings. The SMILES string of the molecule is CCN1C(=O)/C(=C\c2ccc(-c3cccc(Br)c3)o2)SC1=Nc1ccc(F)cc1. The molecule has 0 bridgehead atoms. The topological polar surface area (TPSA) is 45.8 Å². The Morgan fingerprint density at radius 2 is 1.97 bits per heavy atom. The Labute approximate surface area is 180 Å². The monoisotopic (exact) mass is 470 g/mol. The van der Waals surface area contributed by atoms with E-state index in [-0.39, 0.29) is 11.7 Å². The Hall–Kier alpha value is -2.64. The number of aliphatic imine (C=N–C) groups is 1. The van der Waals surface area contributed by atoms with E-state index in [2.05, 4.69) is 20.9 Å². The molecule has 0 aliphatic carbocycles. The van der Waals surface area contributed by atoms with E-state index >= 15 is 0 Å². The third-order valence-corrected chi connectivity index (χ3v) is 5.76. The molecule has 0 saturated carbocycles. The van der Waals surface area contributed by atoms with E-state index in [0.29, 0.717) is 28.1 Å². The molecule has 4 nitrogen and oxygen atoms in total. The average Bonchev–Trinajstić information content (AvgIpc) is 3.29. The van der Waals surface area contributed by atoms with Crippen molar-refractivity contribution in [3.63, 3.8) is 0 Å². The van der Waals surface area contributed by atoms with Gasteiger partial charge in [0.1, 0.15) is 17.3 Å². The molecule has 2 heterocycles. The standard InChI is InChI=1S/C22H16BrFN2O2S/c1-2-26-21(27)20(29-22(26)25-17-8-6-16(24)7-9-17)13-18-10-11-19(28-18)14-4-3-5-15(23)12-14/h3-13H,2H2,1H3/b20-13+,25-22?. The summed E-state index contributed by atoms with van der Waals surface area (Å²) in [7, 11) is 0. The van der Waals surface area contributed by atoms with Gasteiger partial charge < -0.3 is 4.42 Å². The second kappa shape index (κ2) is 8.39. The number of carbonyl (C=O) groups is 1. The molecule has 1 aliphatic heterocycles. The van der Waals surface area contributed by atoms with Gasteiger partial charge in [0.05, 0.1) is 10.6 Å². The van der Waals surface area contributed by atoms with Crippen LogP contribution in [0.2, 0.25) is 0 Å². The van der Waals surface area contributed by atoms with E-state index in [1.807, 2.05) is 43.3 Å². The summed E-state index contributed by atoms with van der Waals surface area (Å²) in [5, 5.41) is 0.564. The summed E-state index contributed by atoms with van der Waals surface area (Å²) in [6, 6.07) is 17.4. The van der Waals surface area contributed by atoms with Gasteiger partial charge in [-0.15, -0.1) is 0 Å². The van der Waals surface area contributed by atoms with Crippen LogP contribution in [0.4, 0.5) is 10.1 Å². The summed E-state index contributed by atoms with van der Waals surface area (Å²) in [5.74, 6) is 0.867. The maximum atomic E-state index is 13.1. The smallest absolute Gasteiger partial charge is 0.266 e. The lowest BCUT2D eigenvalue weighted by Gasteiger charge is -2.11. The van der Waals surface area contributed by atoms with Gasteiger partial charge in [0.2, 0.25) is 0 Å². The molecule has 1 aromatic heterocycles. The summed E-state index contributed by atoms with van der Waals surface area (Å²) < 4.78 is 20.0. The number of halogens is 2. The minimum Gasteiger partial charge on any atom is -0.457 e. The summed E-state index contributed by atoms with van der Waals surface area (Å²) >= 11 is 4.74. The first-order chi connectivity index (χ1) is 14.0. The Balaban J connectivity index is 1.61. The number of rotatable bonds is 4. The van der Waals surface area contributed by atoms with Gasteiger partial charge in [-0.05, 0) is 67.2 Å². The van der Waals surface area contributed by atoms with E-state index in [1.54, 1.807) is 23.1 Å². The molecule has 0 atom stereocenters. The minimum absolute atomic E-state index is 0.126. The van der Waals surface area contributed by atoms with Crippen LogP contribution in [-0.2, 0) is 4.79 Å². The van der Waals surface area contributed by atoms with Crippen LogP contribution in [0, 0.1) is 5.82 Å². The molecule has 1 fully saturated rings. The number of thioether (sulfide) groups is 1. The van der Waals surface area contributed by atoms with Crippen molar-refractivity contribution in [1.82, 2.24) is 4.90 Å². The molecule has 4 rings (SSSR count). The highest BCUT2D eigenvalue weighted by Gasteiger charge is 2.32. The van der Waals surface area contributed by atoms with E-state index in [0.717, 1.165) is 15.8 Å². The zero-order valence-electron chi connectivity index (χ0n) is 15.4. The summed E-state index contributed by atoms with van der Waals surface area (Å²) in [5.41, 5.74) is 1.54. The lowest BCUT2D eigenvalue weighted by molar-refractivity contribution is -0.122. The first-order valence-electron chi connectivity index (χ1n) is 8.95. The van der Waals surface area contributed by atoms with Crippen LogP contribution in [0.1, 0.15) is 12.7 Å². The molecule has 7 heteroatoms. The van der Waals surface area contributed by atoms with Gasteiger partial charge in [0, 0.05) is 22.7 Å². The number of hydrogen-bond acceptors (Lipinski definition) is 4. The van der Waals surface area contributed by atoms with Gasteiger partial charge in [-0.2, -0.15) is 0 Å². The number of hydrogen-bond donors (Lipinski definition) is 0. The van der Waals surface area contributed by atoms with Crippen molar-refractivity contribution in [3.8, 4) is 11.3 Å². The van der Waals surface area contributed by atoms with Crippen LogP contribution < -0.4 is 0 Å². The van der Waals surface area contributed by atoms with Crippen LogP contribution >= 0.6 is 27.7 Å². The van der Waals surface area contributed by atoms with Gasteiger partial charge in [0.25, 0.3) is 5.91 Å². The van der Waals surface area contributed by atoms with Gasteiger partial charge >= 0.3 is 0 Å². The number of nitrogens with zero attached hydrogens (tertiary/aromatic N) is 2. The van der Waals surface area contributed by atoms with Gasteiger partial charge in [-0.25, -0.2) is 9.38 Å². The Kier molecular flexibility index (Phi) is 5.69. The van der Waals surface area contributed by atoms with Gasteiger partial charge in [-0.3, -0.25) is 9.69 Å². The van der Waals surface area contributed by atoms with Crippen LogP contribution in [0.3, 0.4) is 0 Å². The van der Waals surface area contributed by atoms with Crippen molar-refractivity contribution in [1.29, 1.82) is 0 Å². The highest BCUT2D eigenvalue weighted by molar-refractivity contribution is 9.10. The molecule has 1 saturated heterocycles. The van der Waals surface area contributed by atoms with Gasteiger partial charge in [0.15, 0.2) is 5.17 Å². The largest absolute Gasteiger partial charge is 0.457 e. The fourth-order valence-corrected chi connectivity index (χ4v) is 4.29. The third-order valence-electron chi connectivity index (χ3n) is 4.26. The summed E-state index contributed by atoms with van der Waals surface area (Å²) in [6.45, 7) is 2.38. The maximum Gasteiger partial charge on any atom is 0.266 e. The number of amides is 1. The third kappa shape index (κ3) is 4.36. The number of furan rings is 1. The first-order valence-corrected chi connectivity index (χ1v) is 10.6. The second-order valence-corrected chi connectivity index (χ2v) is 8.17. The van der Waals surface area contributed by atoms with Crippen LogP contribution in [-0.4, -0.2) is 22.5 Å². The van der Waals surface area contributed by atoms with Crippen molar-refractivity contribution >= 4 is 50.5 Å². The molecule has 146 valence electrons. The minimum atomic E-state index is -0.323. The predicted octanol–water partition coefficient (Wildman–Crippen LogP) is 6.47. The predicted molar refractivity (Wildman–Crippen MR) is 118 cm³/mol. The first kappa shape index (κ1) is 19.7. The van der Waals surface area contributed by atoms with E-state index in [1.165, 1.54) is 23.9 Å². The molecule has 0 radical (unpaired) electrons. The van der Waals surface area contributed by atoms with Crippen molar-refractivity contribution < 1.29 is 13.6 Å².